The molecule has 0 bridgehead atoms. The lowest BCUT2D eigenvalue weighted by Gasteiger charge is -2.27. The van der Waals surface area contributed by atoms with Crippen LogP contribution < -0.4 is 5.32 Å². The lowest BCUT2D eigenvalue weighted by atomic mass is 9.96. The van der Waals surface area contributed by atoms with Crippen molar-refractivity contribution in [3.8, 4) is 6.07 Å². The predicted molar refractivity (Wildman–Crippen MR) is 131 cm³/mol. The monoisotopic (exact) mass is 474 g/mol. The first-order valence-electron chi connectivity index (χ1n) is 11.6. The lowest BCUT2D eigenvalue weighted by molar-refractivity contribution is -0.123. The van der Waals surface area contributed by atoms with E-state index in [0.717, 1.165) is 66.4 Å². The van der Waals surface area contributed by atoms with E-state index < -0.39 is 18.0 Å². The summed E-state index contributed by atoms with van der Waals surface area (Å²) in [7, 11) is 2.01. The van der Waals surface area contributed by atoms with Crippen molar-refractivity contribution in [3.05, 3.63) is 57.1 Å². The first-order chi connectivity index (χ1) is 16.5. The maximum Gasteiger partial charge on any atom is 0.339 e. The number of hydrogen-bond acceptors (Lipinski definition) is 7. The fraction of sp³-hybridized carbons (Fsp3) is 0.385. The van der Waals surface area contributed by atoms with Crippen molar-refractivity contribution >= 4 is 39.1 Å². The van der Waals surface area contributed by atoms with Crippen LogP contribution in [0.15, 0.2) is 24.3 Å². The lowest BCUT2D eigenvalue weighted by Crippen LogP contribution is -2.32. The number of amides is 1. The highest BCUT2D eigenvalue weighted by Gasteiger charge is 2.29. The van der Waals surface area contributed by atoms with E-state index in [2.05, 4.69) is 16.3 Å². The zero-order chi connectivity index (χ0) is 23.8. The number of pyridine rings is 1. The van der Waals surface area contributed by atoms with Gasteiger partial charge in [-0.15, -0.1) is 11.3 Å². The van der Waals surface area contributed by atoms with Gasteiger partial charge in [-0.2, -0.15) is 5.26 Å². The van der Waals surface area contributed by atoms with Crippen molar-refractivity contribution in [1.29, 1.82) is 5.26 Å². The number of rotatable bonds is 4. The summed E-state index contributed by atoms with van der Waals surface area (Å²) in [6.07, 6.45) is 3.70. The van der Waals surface area contributed by atoms with Gasteiger partial charge in [-0.05, 0) is 51.3 Å². The van der Waals surface area contributed by atoms with E-state index in [9.17, 15) is 14.9 Å². The fourth-order valence-electron chi connectivity index (χ4n) is 4.82. The maximum atomic E-state index is 13.4. The molecule has 0 fully saturated rings. The Morgan fingerprint density at radius 2 is 2.00 bits per heavy atom. The molecular weight excluding hydrogens is 448 g/mol. The quantitative estimate of drug-likeness (QED) is 0.569. The Kier molecular flexibility index (Phi) is 6.07. The van der Waals surface area contributed by atoms with Crippen LogP contribution in [0.3, 0.4) is 0 Å². The van der Waals surface area contributed by atoms with Crippen LogP contribution in [0.2, 0.25) is 0 Å². The van der Waals surface area contributed by atoms with Crippen LogP contribution in [-0.2, 0) is 35.3 Å². The zero-order valence-electron chi connectivity index (χ0n) is 19.3. The van der Waals surface area contributed by atoms with E-state index in [-0.39, 0.29) is 0 Å². The average Bonchev–Trinajstić information content (AvgIpc) is 3.19. The second-order valence-corrected chi connectivity index (χ2v) is 10.1. The molecule has 2 aliphatic rings. The van der Waals surface area contributed by atoms with Crippen molar-refractivity contribution in [3.63, 3.8) is 0 Å². The summed E-state index contributed by atoms with van der Waals surface area (Å²) in [5, 5.41) is 13.8. The van der Waals surface area contributed by atoms with Crippen LogP contribution in [0.25, 0.3) is 10.9 Å². The van der Waals surface area contributed by atoms with Crippen molar-refractivity contribution in [2.75, 3.05) is 18.9 Å². The first kappa shape index (κ1) is 22.5. The van der Waals surface area contributed by atoms with Crippen LogP contribution in [0, 0.1) is 11.3 Å². The van der Waals surface area contributed by atoms with Gasteiger partial charge in [0.25, 0.3) is 5.91 Å². The molecular formula is C26H26N4O3S. The van der Waals surface area contributed by atoms with E-state index in [0.29, 0.717) is 22.7 Å². The molecule has 8 heteroatoms. The maximum absolute atomic E-state index is 13.4. The van der Waals surface area contributed by atoms with Gasteiger partial charge in [0, 0.05) is 41.0 Å². The highest BCUT2D eigenvalue weighted by molar-refractivity contribution is 7.16. The third-order valence-electron chi connectivity index (χ3n) is 6.61. The molecule has 174 valence electrons. The smallest absolute Gasteiger partial charge is 0.339 e. The summed E-state index contributed by atoms with van der Waals surface area (Å²) in [4.78, 5) is 34.4. The Hall–Kier alpha value is -3.28. The SMILES string of the molecule is CC(OC(=O)c1c2c(nc3ccccc13)CCN(C)C2)C(=O)Nc1sc2c(c1C#N)CCCC2. The number of benzene rings is 1. The second-order valence-electron chi connectivity index (χ2n) is 8.98. The van der Waals surface area contributed by atoms with Crippen LogP contribution >= 0.6 is 11.3 Å². The largest absolute Gasteiger partial charge is 0.449 e. The third-order valence-corrected chi connectivity index (χ3v) is 7.82. The average molecular weight is 475 g/mol. The minimum absolute atomic E-state index is 0.437. The van der Waals surface area contributed by atoms with E-state index in [1.807, 2.05) is 31.3 Å². The summed E-state index contributed by atoms with van der Waals surface area (Å²) in [6, 6.07) is 9.78. The van der Waals surface area contributed by atoms with E-state index in [1.54, 1.807) is 6.92 Å². The van der Waals surface area contributed by atoms with Crippen LogP contribution in [0.4, 0.5) is 5.00 Å². The van der Waals surface area contributed by atoms with Crippen molar-refractivity contribution in [2.24, 2.45) is 0 Å². The Labute approximate surface area is 202 Å². The molecule has 1 atom stereocenters. The van der Waals surface area contributed by atoms with Crippen LogP contribution in [0.1, 0.15) is 57.4 Å². The van der Waals surface area contributed by atoms with Gasteiger partial charge in [0.2, 0.25) is 0 Å². The number of esters is 1. The molecule has 0 spiro atoms. The molecule has 1 N–H and O–H groups in total. The number of nitrogens with one attached hydrogen (secondary N) is 1. The Bertz CT molecular complexity index is 1340. The van der Waals surface area contributed by atoms with Gasteiger partial charge in [-0.25, -0.2) is 4.79 Å². The molecule has 1 aliphatic heterocycles. The third kappa shape index (κ3) is 4.06. The number of anilines is 1. The van der Waals surface area contributed by atoms with Crippen molar-refractivity contribution in [2.45, 2.75) is 51.7 Å². The highest BCUT2D eigenvalue weighted by Crippen LogP contribution is 2.37. The summed E-state index contributed by atoms with van der Waals surface area (Å²) in [6.45, 7) is 3.04. The number of para-hydroxylation sites is 1. The number of ether oxygens (including phenoxy) is 1. The Morgan fingerprint density at radius 3 is 2.82 bits per heavy atom. The number of fused-ring (bicyclic) bond motifs is 3. The van der Waals surface area contributed by atoms with E-state index in [4.69, 9.17) is 9.72 Å². The molecule has 3 heterocycles. The molecule has 1 amide bonds. The molecule has 1 aromatic carbocycles. The number of nitrogens with zero attached hydrogens (tertiary/aromatic N) is 3. The molecule has 3 aromatic rings. The van der Waals surface area contributed by atoms with Gasteiger partial charge >= 0.3 is 5.97 Å². The van der Waals surface area contributed by atoms with Gasteiger partial charge in [0.1, 0.15) is 11.1 Å². The topological polar surface area (TPSA) is 95.3 Å². The zero-order valence-corrected chi connectivity index (χ0v) is 20.1. The fourth-order valence-corrected chi connectivity index (χ4v) is 6.06. The summed E-state index contributed by atoms with van der Waals surface area (Å²) in [5.41, 5.74) is 4.60. The number of nitriles is 1. The van der Waals surface area contributed by atoms with Gasteiger partial charge < -0.3 is 15.0 Å². The van der Waals surface area contributed by atoms with Crippen molar-refractivity contribution in [1.82, 2.24) is 9.88 Å². The Morgan fingerprint density at radius 1 is 1.21 bits per heavy atom. The molecule has 7 nitrogen and oxygen atoms in total. The highest BCUT2D eigenvalue weighted by atomic mass is 32.1. The number of hydrogen-bond donors (Lipinski definition) is 1. The van der Waals surface area contributed by atoms with Crippen LogP contribution in [-0.4, -0.2) is 41.5 Å². The molecule has 0 saturated heterocycles. The van der Waals surface area contributed by atoms with Gasteiger partial charge in [0.15, 0.2) is 6.10 Å². The van der Waals surface area contributed by atoms with Gasteiger partial charge in [-0.1, -0.05) is 18.2 Å². The molecule has 1 unspecified atom stereocenters. The molecule has 34 heavy (non-hydrogen) atoms. The number of aromatic nitrogens is 1. The number of likely N-dealkylation sites (N-methyl/N-ethyl adjacent to an activating group) is 1. The van der Waals surface area contributed by atoms with E-state index >= 15 is 0 Å². The molecule has 0 saturated carbocycles. The summed E-state index contributed by atoms with van der Waals surface area (Å²) >= 11 is 1.46. The molecule has 5 rings (SSSR count). The number of carbonyl (C=O) groups excluding carboxylic acids is 2. The molecule has 0 radical (unpaired) electrons. The minimum atomic E-state index is -1.01. The number of carbonyl (C=O) groups is 2. The van der Waals surface area contributed by atoms with Gasteiger partial charge in [-0.3, -0.25) is 9.78 Å². The second kappa shape index (κ2) is 9.16. The Balaban J connectivity index is 1.40. The first-order valence-corrected chi connectivity index (χ1v) is 12.4. The minimum Gasteiger partial charge on any atom is -0.449 e. The normalized spacial score (nSPS) is 16.3. The predicted octanol–water partition coefficient (Wildman–Crippen LogP) is 4.22. The summed E-state index contributed by atoms with van der Waals surface area (Å²) < 4.78 is 5.68. The summed E-state index contributed by atoms with van der Waals surface area (Å²) in [5.74, 6) is -0.966. The van der Waals surface area contributed by atoms with Gasteiger partial charge in [0.05, 0.1) is 16.6 Å². The number of thiophene rings is 1. The van der Waals surface area contributed by atoms with E-state index in [1.165, 1.54) is 16.2 Å². The standard InChI is InChI=1S/C26H26N4O3S/c1-15(24(31)29-25-18(13-27)16-7-4-6-10-22(16)34-25)33-26(32)23-17-8-3-5-9-20(17)28-21-11-12-30(2)14-19(21)23/h3,5,8-9,15H,4,6-7,10-12,14H2,1-2H3,(H,29,31). The molecule has 1 aliphatic carbocycles. The molecule has 2 aromatic heterocycles. The number of aryl methyl sites for hydroxylation is 1. The van der Waals surface area contributed by atoms with Crippen LogP contribution in [0.5, 0.6) is 0 Å². The van der Waals surface area contributed by atoms with Crippen molar-refractivity contribution < 1.29 is 14.3 Å².